The Labute approximate surface area is 164 Å². The first-order valence-electron chi connectivity index (χ1n) is 9.07. The van der Waals surface area contributed by atoms with Gasteiger partial charge in [-0.2, -0.15) is 5.26 Å². The molecule has 1 fully saturated rings. The van der Waals surface area contributed by atoms with E-state index in [-0.39, 0.29) is 5.56 Å². The Bertz CT molecular complexity index is 739. The lowest BCUT2D eigenvalue weighted by molar-refractivity contribution is -0.138. The average Bonchev–Trinajstić information content (AvgIpc) is 2.75. The number of carbonyl (C=O) groups is 2. The summed E-state index contributed by atoms with van der Waals surface area (Å²) in [4.78, 5) is 26.4. The molecule has 0 aromatic heterocycles. The van der Waals surface area contributed by atoms with Crippen LogP contribution < -0.4 is 14.2 Å². The summed E-state index contributed by atoms with van der Waals surface area (Å²) in [7, 11) is 5.93. The predicted octanol–water partition coefficient (Wildman–Crippen LogP) is 2.55. The van der Waals surface area contributed by atoms with E-state index >= 15 is 0 Å². The molecule has 0 aliphatic heterocycles. The van der Waals surface area contributed by atoms with Gasteiger partial charge in [-0.05, 0) is 25.0 Å². The first kappa shape index (κ1) is 21.4. The molecule has 0 radical (unpaired) electrons. The van der Waals surface area contributed by atoms with Crippen LogP contribution in [0.5, 0.6) is 17.2 Å². The number of esters is 1. The van der Waals surface area contributed by atoms with E-state index in [9.17, 15) is 14.9 Å². The summed E-state index contributed by atoms with van der Waals surface area (Å²) in [5.41, 5.74) is -0.661. The highest BCUT2D eigenvalue weighted by Crippen LogP contribution is 2.38. The maximum Gasteiger partial charge on any atom is 0.338 e. The molecule has 0 saturated heterocycles. The largest absolute Gasteiger partial charge is 0.493 e. The molecule has 1 aromatic carbocycles. The molecule has 1 aliphatic rings. The summed E-state index contributed by atoms with van der Waals surface area (Å²) in [6.07, 6.45) is 4.12. The third-order valence-corrected chi connectivity index (χ3v) is 5.13. The second-order valence-electron chi connectivity index (χ2n) is 6.65. The van der Waals surface area contributed by atoms with Crippen molar-refractivity contribution in [3.05, 3.63) is 17.7 Å². The topological polar surface area (TPSA) is 98.1 Å². The Balaban J connectivity index is 2.09. The van der Waals surface area contributed by atoms with Crippen LogP contribution in [0.1, 0.15) is 42.5 Å². The summed E-state index contributed by atoms with van der Waals surface area (Å²) in [5, 5.41) is 9.59. The van der Waals surface area contributed by atoms with Crippen LogP contribution in [0.25, 0.3) is 0 Å². The number of likely N-dealkylation sites (N-methyl/N-ethyl adjacent to an activating group) is 1. The Hall–Kier alpha value is -2.95. The van der Waals surface area contributed by atoms with E-state index in [1.807, 2.05) is 0 Å². The van der Waals surface area contributed by atoms with Crippen LogP contribution in [0.15, 0.2) is 12.1 Å². The number of carbonyl (C=O) groups excluding carboxylic acids is 2. The first-order valence-corrected chi connectivity index (χ1v) is 9.07. The summed E-state index contributed by atoms with van der Waals surface area (Å²) in [6.45, 7) is -0.449. The summed E-state index contributed by atoms with van der Waals surface area (Å²) < 4.78 is 20.8. The van der Waals surface area contributed by atoms with Crippen molar-refractivity contribution in [3.8, 4) is 23.3 Å². The minimum absolute atomic E-state index is 0.164. The lowest BCUT2D eigenvalue weighted by atomic mass is 9.81. The van der Waals surface area contributed by atoms with E-state index in [0.717, 1.165) is 19.3 Å². The van der Waals surface area contributed by atoms with Gasteiger partial charge in [0.2, 0.25) is 5.75 Å². The van der Waals surface area contributed by atoms with Gasteiger partial charge in [-0.1, -0.05) is 19.3 Å². The minimum atomic E-state index is -0.825. The van der Waals surface area contributed by atoms with Crippen molar-refractivity contribution < 1.29 is 28.5 Å². The van der Waals surface area contributed by atoms with Crippen molar-refractivity contribution in [2.45, 2.75) is 37.6 Å². The highest BCUT2D eigenvalue weighted by Gasteiger charge is 2.39. The van der Waals surface area contributed by atoms with Crippen LogP contribution in [0, 0.1) is 11.3 Å². The van der Waals surface area contributed by atoms with Crippen molar-refractivity contribution in [1.29, 1.82) is 5.26 Å². The Morgan fingerprint density at radius 3 is 2.11 bits per heavy atom. The van der Waals surface area contributed by atoms with Crippen LogP contribution in [0.2, 0.25) is 0 Å². The number of hydrogen-bond acceptors (Lipinski definition) is 7. The van der Waals surface area contributed by atoms with Gasteiger partial charge in [-0.3, -0.25) is 4.79 Å². The van der Waals surface area contributed by atoms with Gasteiger partial charge in [-0.15, -0.1) is 0 Å². The normalized spacial score (nSPS) is 15.1. The fraction of sp³-hybridized carbons (Fsp3) is 0.550. The van der Waals surface area contributed by atoms with Gasteiger partial charge in [0.1, 0.15) is 5.54 Å². The number of hydrogen-bond donors (Lipinski definition) is 0. The molecule has 28 heavy (non-hydrogen) atoms. The maximum absolute atomic E-state index is 12.5. The lowest BCUT2D eigenvalue weighted by Crippen LogP contribution is -2.51. The van der Waals surface area contributed by atoms with Crippen LogP contribution >= 0.6 is 0 Å². The zero-order valence-corrected chi connectivity index (χ0v) is 16.7. The summed E-state index contributed by atoms with van der Waals surface area (Å²) in [6, 6.07) is 5.19. The monoisotopic (exact) mass is 390 g/mol. The van der Waals surface area contributed by atoms with Gasteiger partial charge >= 0.3 is 5.97 Å². The molecule has 1 aliphatic carbocycles. The van der Waals surface area contributed by atoms with Gasteiger partial charge < -0.3 is 23.8 Å². The fourth-order valence-electron chi connectivity index (χ4n) is 3.40. The number of ether oxygens (including phenoxy) is 4. The average molecular weight is 390 g/mol. The molecule has 0 atom stereocenters. The molecule has 0 heterocycles. The molecule has 0 unspecified atom stereocenters. The highest BCUT2D eigenvalue weighted by molar-refractivity contribution is 5.93. The van der Waals surface area contributed by atoms with Gasteiger partial charge in [-0.25, -0.2) is 4.79 Å². The Morgan fingerprint density at radius 1 is 1.07 bits per heavy atom. The first-order chi connectivity index (χ1) is 13.4. The summed E-state index contributed by atoms with van der Waals surface area (Å²) >= 11 is 0. The zero-order valence-electron chi connectivity index (χ0n) is 16.7. The summed E-state index contributed by atoms with van der Waals surface area (Å²) in [5.74, 6) is -0.142. The molecule has 1 amide bonds. The fourth-order valence-corrected chi connectivity index (χ4v) is 3.40. The maximum atomic E-state index is 12.5. The Morgan fingerprint density at radius 2 is 1.64 bits per heavy atom. The van der Waals surface area contributed by atoms with E-state index in [2.05, 4.69) is 6.07 Å². The van der Waals surface area contributed by atoms with Crippen molar-refractivity contribution in [1.82, 2.24) is 4.90 Å². The molecular weight excluding hydrogens is 364 g/mol. The minimum Gasteiger partial charge on any atom is -0.493 e. The molecule has 0 bridgehead atoms. The number of benzene rings is 1. The quantitative estimate of drug-likeness (QED) is 0.660. The van der Waals surface area contributed by atoms with Crippen LogP contribution in [0.3, 0.4) is 0 Å². The predicted molar refractivity (Wildman–Crippen MR) is 101 cm³/mol. The second-order valence-corrected chi connectivity index (χ2v) is 6.65. The van der Waals surface area contributed by atoms with Crippen molar-refractivity contribution in [2.24, 2.45) is 0 Å². The highest BCUT2D eigenvalue weighted by atomic mass is 16.5. The van der Waals surface area contributed by atoms with Crippen LogP contribution in [0.4, 0.5) is 0 Å². The van der Waals surface area contributed by atoms with E-state index < -0.39 is 24.0 Å². The molecule has 152 valence electrons. The molecule has 2 rings (SSSR count). The van der Waals surface area contributed by atoms with Crippen LogP contribution in [-0.4, -0.2) is 57.3 Å². The molecule has 0 spiro atoms. The number of amides is 1. The second kappa shape index (κ2) is 9.31. The molecule has 8 heteroatoms. The molecule has 8 nitrogen and oxygen atoms in total. The van der Waals surface area contributed by atoms with Crippen molar-refractivity contribution in [3.63, 3.8) is 0 Å². The van der Waals surface area contributed by atoms with E-state index in [4.69, 9.17) is 18.9 Å². The number of rotatable bonds is 7. The number of nitriles is 1. The van der Waals surface area contributed by atoms with Gasteiger partial charge in [0.05, 0.1) is 33.0 Å². The lowest BCUT2D eigenvalue weighted by Gasteiger charge is -2.38. The number of nitrogens with zero attached hydrogens (tertiary/aromatic N) is 2. The zero-order chi connectivity index (χ0) is 20.7. The van der Waals surface area contributed by atoms with E-state index in [0.29, 0.717) is 30.1 Å². The molecule has 0 N–H and O–H groups in total. The Kier molecular flexibility index (Phi) is 7.10. The number of methoxy groups -OCH3 is 3. The molecule has 1 saturated carbocycles. The third-order valence-electron chi connectivity index (χ3n) is 5.13. The SMILES string of the molecule is COc1cc(C(=O)OCC(=O)N(C)C2(C#N)CCCCC2)cc(OC)c1OC. The molecule has 1 aromatic rings. The standard InChI is InChI=1S/C20H26N2O6/c1-22(20(13-21)8-6-5-7-9-20)17(23)12-28-19(24)14-10-15(25-2)18(27-4)16(11-14)26-3/h10-11H,5-9,12H2,1-4H3. The van der Waals surface area contributed by atoms with E-state index in [1.54, 1.807) is 7.05 Å². The van der Waals surface area contributed by atoms with Crippen molar-refractivity contribution >= 4 is 11.9 Å². The van der Waals surface area contributed by atoms with Gasteiger partial charge in [0.25, 0.3) is 5.91 Å². The van der Waals surface area contributed by atoms with Crippen LogP contribution in [-0.2, 0) is 9.53 Å². The van der Waals surface area contributed by atoms with Crippen molar-refractivity contribution in [2.75, 3.05) is 35.0 Å². The van der Waals surface area contributed by atoms with E-state index in [1.165, 1.54) is 38.4 Å². The smallest absolute Gasteiger partial charge is 0.338 e. The van der Waals surface area contributed by atoms with Gasteiger partial charge in [0, 0.05) is 7.05 Å². The van der Waals surface area contributed by atoms with Gasteiger partial charge in [0.15, 0.2) is 18.1 Å². The third kappa shape index (κ3) is 4.30. The molecular formula is C20H26N2O6.